The van der Waals surface area contributed by atoms with Crippen molar-refractivity contribution in [2.45, 2.75) is 50.7 Å². The van der Waals surface area contributed by atoms with E-state index in [1.165, 1.54) is 0 Å². The Morgan fingerprint density at radius 2 is 2.07 bits per heavy atom. The Morgan fingerprint density at radius 1 is 1.57 bits per heavy atom. The number of aliphatic carboxylic acids is 1. The Balaban J connectivity index is 2.57. The van der Waals surface area contributed by atoms with Crippen molar-refractivity contribution in [3.05, 3.63) is 0 Å². The molecule has 0 amide bonds. The van der Waals surface area contributed by atoms with Crippen LogP contribution in [0.1, 0.15) is 39.0 Å². The zero-order valence-corrected chi connectivity index (χ0v) is 8.57. The first-order valence-electron chi connectivity index (χ1n) is 5.19. The van der Waals surface area contributed by atoms with Crippen LogP contribution in [-0.4, -0.2) is 27.8 Å². The van der Waals surface area contributed by atoms with Gasteiger partial charge in [-0.15, -0.1) is 0 Å². The number of carboxylic acids is 1. The molecule has 0 bridgehead atoms. The minimum absolute atomic E-state index is 0.610. The third-order valence-corrected chi connectivity index (χ3v) is 3.39. The first-order valence-corrected chi connectivity index (χ1v) is 5.19. The summed E-state index contributed by atoms with van der Waals surface area (Å²) >= 11 is 0. The molecule has 0 aromatic carbocycles. The number of nitrogens with two attached hydrogens (primary N) is 1. The van der Waals surface area contributed by atoms with E-state index in [2.05, 4.69) is 6.92 Å². The summed E-state index contributed by atoms with van der Waals surface area (Å²) in [5.74, 6) is -0.560. The Hall–Kier alpha value is -0.610. The van der Waals surface area contributed by atoms with Crippen molar-refractivity contribution in [3.63, 3.8) is 0 Å². The van der Waals surface area contributed by atoms with Gasteiger partial charge in [-0.1, -0.05) is 13.3 Å². The smallest absolute Gasteiger partial charge is 0.334 e. The standard InChI is InChI=1S/C10H19NO3/c1-2-7-3-5-10(11,6-4-7)8(12)9(13)14/h7-8,12H,2-6,11H2,1H3,(H,13,14). The molecule has 0 radical (unpaired) electrons. The van der Waals surface area contributed by atoms with Crippen molar-refractivity contribution in [2.24, 2.45) is 11.7 Å². The van der Waals surface area contributed by atoms with Gasteiger partial charge < -0.3 is 15.9 Å². The largest absolute Gasteiger partial charge is 0.479 e. The fraction of sp³-hybridized carbons (Fsp3) is 0.900. The fourth-order valence-corrected chi connectivity index (χ4v) is 2.14. The number of hydrogen-bond acceptors (Lipinski definition) is 3. The molecule has 0 aromatic heterocycles. The molecular weight excluding hydrogens is 182 g/mol. The molecule has 82 valence electrons. The van der Waals surface area contributed by atoms with E-state index >= 15 is 0 Å². The summed E-state index contributed by atoms with van der Waals surface area (Å²) < 4.78 is 0. The zero-order chi connectivity index (χ0) is 10.8. The van der Waals surface area contributed by atoms with Crippen LogP contribution in [0.5, 0.6) is 0 Å². The molecule has 1 atom stereocenters. The summed E-state index contributed by atoms with van der Waals surface area (Å²) in [6.45, 7) is 2.13. The number of hydrogen-bond donors (Lipinski definition) is 3. The number of aliphatic hydroxyl groups is 1. The quantitative estimate of drug-likeness (QED) is 0.628. The minimum atomic E-state index is -1.42. The number of carboxylic acid groups (broad SMARTS) is 1. The van der Waals surface area contributed by atoms with Crippen LogP contribution < -0.4 is 5.73 Å². The molecule has 1 saturated carbocycles. The molecule has 1 fully saturated rings. The lowest BCUT2D eigenvalue weighted by molar-refractivity contribution is -0.151. The van der Waals surface area contributed by atoms with Gasteiger partial charge in [-0.2, -0.15) is 0 Å². The zero-order valence-electron chi connectivity index (χ0n) is 8.57. The van der Waals surface area contributed by atoms with Crippen molar-refractivity contribution in [3.8, 4) is 0 Å². The van der Waals surface area contributed by atoms with Crippen LogP contribution in [0.4, 0.5) is 0 Å². The van der Waals surface area contributed by atoms with E-state index < -0.39 is 17.6 Å². The van der Waals surface area contributed by atoms with E-state index in [0.29, 0.717) is 18.8 Å². The highest BCUT2D eigenvalue weighted by atomic mass is 16.4. The lowest BCUT2D eigenvalue weighted by Gasteiger charge is -2.38. The van der Waals surface area contributed by atoms with Gasteiger partial charge in [0.2, 0.25) is 0 Å². The monoisotopic (exact) mass is 201 g/mol. The molecule has 0 saturated heterocycles. The van der Waals surface area contributed by atoms with E-state index in [1.807, 2.05) is 0 Å². The summed E-state index contributed by atoms with van der Waals surface area (Å²) in [5, 5.41) is 18.1. The van der Waals surface area contributed by atoms with Crippen LogP contribution in [-0.2, 0) is 4.79 Å². The van der Waals surface area contributed by atoms with Crippen molar-refractivity contribution >= 4 is 5.97 Å². The van der Waals surface area contributed by atoms with E-state index in [0.717, 1.165) is 19.3 Å². The van der Waals surface area contributed by atoms with E-state index in [-0.39, 0.29) is 0 Å². The normalized spacial score (nSPS) is 35.2. The highest BCUT2D eigenvalue weighted by molar-refractivity contribution is 5.73. The Bertz CT molecular complexity index is 209. The predicted molar refractivity (Wildman–Crippen MR) is 52.8 cm³/mol. The van der Waals surface area contributed by atoms with Gasteiger partial charge in [-0.05, 0) is 31.6 Å². The maximum absolute atomic E-state index is 10.6. The van der Waals surface area contributed by atoms with Gasteiger partial charge in [-0.3, -0.25) is 0 Å². The molecule has 4 heteroatoms. The van der Waals surface area contributed by atoms with Crippen LogP contribution >= 0.6 is 0 Å². The molecule has 14 heavy (non-hydrogen) atoms. The van der Waals surface area contributed by atoms with Gasteiger partial charge in [-0.25, -0.2) is 4.79 Å². The SMILES string of the molecule is CCC1CCC(N)(C(O)C(=O)O)CC1. The molecule has 4 N–H and O–H groups in total. The molecule has 1 aliphatic carbocycles. The van der Waals surface area contributed by atoms with Crippen LogP contribution in [0, 0.1) is 5.92 Å². The highest BCUT2D eigenvalue weighted by Gasteiger charge is 2.41. The van der Waals surface area contributed by atoms with Gasteiger partial charge >= 0.3 is 5.97 Å². The second-order valence-electron chi connectivity index (χ2n) is 4.33. The van der Waals surface area contributed by atoms with E-state index in [9.17, 15) is 9.90 Å². The maximum Gasteiger partial charge on any atom is 0.334 e. The topological polar surface area (TPSA) is 83.5 Å². The van der Waals surface area contributed by atoms with Gasteiger partial charge in [0, 0.05) is 0 Å². The molecule has 4 nitrogen and oxygen atoms in total. The van der Waals surface area contributed by atoms with Crippen molar-refractivity contribution in [1.82, 2.24) is 0 Å². The average molecular weight is 201 g/mol. The lowest BCUT2D eigenvalue weighted by Crippen LogP contribution is -2.56. The molecular formula is C10H19NO3. The third kappa shape index (κ3) is 2.25. The fourth-order valence-electron chi connectivity index (χ4n) is 2.14. The summed E-state index contributed by atoms with van der Waals surface area (Å²) in [4.78, 5) is 10.6. The van der Waals surface area contributed by atoms with Crippen molar-refractivity contribution in [1.29, 1.82) is 0 Å². The van der Waals surface area contributed by atoms with Crippen LogP contribution in [0.2, 0.25) is 0 Å². The predicted octanol–water partition coefficient (Wildman–Crippen LogP) is 0.730. The lowest BCUT2D eigenvalue weighted by atomic mass is 9.73. The van der Waals surface area contributed by atoms with Gasteiger partial charge in [0.15, 0.2) is 6.10 Å². The van der Waals surface area contributed by atoms with Crippen molar-refractivity contribution < 1.29 is 15.0 Å². The number of aliphatic hydroxyl groups excluding tert-OH is 1. The maximum atomic E-state index is 10.6. The highest BCUT2D eigenvalue weighted by Crippen LogP contribution is 2.34. The first kappa shape index (κ1) is 11.5. The summed E-state index contributed by atoms with van der Waals surface area (Å²) in [5.41, 5.74) is 4.98. The van der Waals surface area contributed by atoms with Gasteiger partial charge in [0.1, 0.15) is 0 Å². The first-order chi connectivity index (χ1) is 6.49. The second kappa shape index (κ2) is 4.28. The van der Waals surface area contributed by atoms with E-state index in [4.69, 9.17) is 10.8 Å². The number of carbonyl (C=O) groups is 1. The third-order valence-electron chi connectivity index (χ3n) is 3.39. The second-order valence-corrected chi connectivity index (χ2v) is 4.33. The summed E-state index contributed by atoms with van der Waals surface area (Å²) in [6.07, 6.45) is 2.77. The van der Waals surface area contributed by atoms with Crippen LogP contribution in [0.15, 0.2) is 0 Å². The Kier molecular flexibility index (Phi) is 3.50. The van der Waals surface area contributed by atoms with Gasteiger partial charge in [0.25, 0.3) is 0 Å². The number of rotatable bonds is 3. The van der Waals surface area contributed by atoms with Crippen molar-refractivity contribution in [2.75, 3.05) is 0 Å². The average Bonchev–Trinajstić information content (AvgIpc) is 2.18. The molecule has 0 heterocycles. The molecule has 1 rings (SSSR count). The summed E-state index contributed by atoms with van der Waals surface area (Å²) in [6, 6.07) is 0. The van der Waals surface area contributed by atoms with Gasteiger partial charge in [0.05, 0.1) is 5.54 Å². The Labute approximate surface area is 84.1 Å². The minimum Gasteiger partial charge on any atom is -0.479 e. The molecule has 0 aromatic rings. The molecule has 1 unspecified atom stereocenters. The Morgan fingerprint density at radius 3 is 2.43 bits per heavy atom. The van der Waals surface area contributed by atoms with Crippen LogP contribution in [0.25, 0.3) is 0 Å². The molecule has 0 spiro atoms. The van der Waals surface area contributed by atoms with Crippen LogP contribution in [0.3, 0.4) is 0 Å². The molecule has 1 aliphatic rings. The molecule has 0 aliphatic heterocycles. The summed E-state index contributed by atoms with van der Waals surface area (Å²) in [7, 11) is 0. The van der Waals surface area contributed by atoms with E-state index in [1.54, 1.807) is 0 Å².